The van der Waals surface area contributed by atoms with Gasteiger partial charge in [0.1, 0.15) is 13.2 Å². The zero-order valence-electron chi connectivity index (χ0n) is 11.9. The van der Waals surface area contributed by atoms with Crippen LogP contribution in [-0.2, 0) is 27.0 Å². The maximum Gasteiger partial charge on any atom is 0.416 e. The number of carboxylic acid groups (broad SMARTS) is 1. The second-order valence-electron chi connectivity index (χ2n) is 4.48. The van der Waals surface area contributed by atoms with Gasteiger partial charge in [0.05, 0.1) is 5.56 Å². The Hall–Kier alpha value is -2.09. The van der Waals surface area contributed by atoms with Gasteiger partial charge in [-0.1, -0.05) is 12.1 Å². The Morgan fingerprint density at radius 3 is 2.27 bits per heavy atom. The Balaban J connectivity index is 2.80. The number of hydrogen-bond acceptors (Lipinski definition) is 3. The molecule has 0 radical (unpaired) electrons. The van der Waals surface area contributed by atoms with Gasteiger partial charge in [-0.15, -0.1) is 0 Å². The van der Waals surface area contributed by atoms with E-state index in [2.05, 4.69) is 0 Å². The topological polar surface area (TPSA) is 66.8 Å². The molecule has 8 heteroatoms. The second-order valence-corrected chi connectivity index (χ2v) is 4.48. The molecule has 1 aromatic rings. The second kappa shape index (κ2) is 7.79. The molecular formula is C14H16F3NO4. The highest BCUT2D eigenvalue weighted by atomic mass is 19.4. The molecule has 0 saturated carbocycles. The number of amides is 1. The number of carbonyl (C=O) groups is 2. The molecule has 22 heavy (non-hydrogen) atoms. The van der Waals surface area contributed by atoms with Gasteiger partial charge in [-0.05, 0) is 24.6 Å². The highest BCUT2D eigenvalue weighted by molar-refractivity contribution is 5.82. The van der Waals surface area contributed by atoms with E-state index < -0.39 is 30.2 Å². The monoisotopic (exact) mass is 319 g/mol. The molecule has 0 bridgehead atoms. The molecule has 0 aromatic heterocycles. The molecule has 5 nitrogen and oxygen atoms in total. The number of alkyl halides is 3. The van der Waals surface area contributed by atoms with Crippen LogP contribution in [0.2, 0.25) is 0 Å². The summed E-state index contributed by atoms with van der Waals surface area (Å²) in [5, 5.41) is 8.80. The van der Waals surface area contributed by atoms with Crippen LogP contribution in [0, 0.1) is 0 Å². The third-order valence-electron chi connectivity index (χ3n) is 2.76. The zero-order chi connectivity index (χ0) is 16.8. The fraction of sp³-hybridized carbons (Fsp3) is 0.429. The van der Waals surface area contributed by atoms with Crippen molar-refractivity contribution in [2.24, 2.45) is 0 Å². The molecule has 0 saturated heterocycles. The minimum atomic E-state index is -4.44. The van der Waals surface area contributed by atoms with Crippen molar-refractivity contribution < 1.29 is 32.6 Å². The van der Waals surface area contributed by atoms with Crippen molar-refractivity contribution in [1.29, 1.82) is 0 Å². The fourth-order valence-electron chi connectivity index (χ4n) is 1.70. The van der Waals surface area contributed by atoms with E-state index in [-0.39, 0.29) is 13.2 Å². The predicted molar refractivity (Wildman–Crippen MR) is 71.0 cm³/mol. The highest BCUT2D eigenvalue weighted by Crippen LogP contribution is 2.29. The number of halogens is 3. The molecule has 0 heterocycles. The molecule has 0 aliphatic rings. The van der Waals surface area contributed by atoms with Gasteiger partial charge in [-0.3, -0.25) is 9.59 Å². The minimum absolute atomic E-state index is 0.101. The summed E-state index contributed by atoms with van der Waals surface area (Å²) in [5.74, 6) is -1.75. The van der Waals surface area contributed by atoms with Crippen LogP contribution in [-0.4, -0.2) is 41.6 Å². The van der Waals surface area contributed by atoms with E-state index in [1.165, 1.54) is 12.1 Å². The number of rotatable bonds is 7. The lowest BCUT2D eigenvalue weighted by molar-refractivity contribution is -0.146. The number of nitrogens with zero attached hydrogens (tertiary/aromatic N) is 1. The van der Waals surface area contributed by atoms with E-state index in [1.807, 2.05) is 0 Å². The summed E-state index contributed by atoms with van der Waals surface area (Å²) in [7, 11) is 0. The SMILES string of the molecule is CCOCC(=O)N(CC(=O)O)Cc1ccc(C(F)(F)F)cc1. The molecule has 0 aliphatic heterocycles. The molecule has 1 aromatic carbocycles. The number of ether oxygens (including phenoxy) is 1. The summed E-state index contributed by atoms with van der Waals surface area (Å²) in [5.41, 5.74) is -0.402. The van der Waals surface area contributed by atoms with Crippen LogP contribution in [0.3, 0.4) is 0 Å². The van der Waals surface area contributed by atoms with E-state index in [0.29, 0.717) is 12.2 Å². The molecule has 1 amide bonds. The first-order chi connectivity index (χ1) is 10.2. The van der Waals surface area contributed by atoms with Gasteiger partial charge in [-0.25, -0.2) is 0 Å². The van der Waals surface area contributed by atoms with Crippen LogP contribution in [0.25, 0.3) is 0 Å². The zero-order valence-corrected chi connectivity index (χ0v) is 11.9. The van der Waals surface area contributed by atoms with Gasteiger partial charge in [0.25, 0.3) is 0 Å². The normalized spacial score (nSPS) is 11.3. The van der Waals surface area contributed by atoms with Crippen molar-refractivity contribution in [3.8, 4) is 0 Å². The molecule has 1 rings (SSSR count). The number of carbonyl (C=O) groups excluding carboxylic acids is 1. The highest BCUT2D eigenvalue weighted by Gasteiger charge is 2.30. The molecular weight excluding hydrogens is 303 g/mol. The number of carboxylic acids is 1. The van der Waals surface area contributed by atoms with E-state index >= 15 is 0 Å². The fourth-order valence-corrected chi connectivity index (χ4v) is 1.70. The summed E-state index contributed by atoms with van der Waals surface area (Å²) in [6.07, 6.45) is -4.44. The lowest BCUT2D eigenvalue weighted by Gasteiger charge is -2.21. The van der Waals surface area contributed by atoms with Crippen molar-refractivity contribution in [1.82, 2.24) is 4.90 Å². The van der Waals surface area contributed by atoms with Gasteiger partial charge < -0.3 is 14.7 Å². The average molecular weight is 319 g/mol. The third-order valence-corrected chi connectivity index (χ3v) is 2.76. The first kappa shape index (κ1) is 18.0. The summed E-state index contributed by atoms with van der Waals surface area (Å²) in [6, 6.07) is 4.21. The van der Waals surface area contributed by atoms with Crippen LogP contribution in [0.15, 0.2) is 24.3 Å². The number of aliphatic carboxylic acids is 1. The molecule has 0 spiro atoms. The largest absolute Gasteiger partial charge is 0.480 e. The smallest absolute Gasteiger partial charge is 0.416 e. The van der Waals surface area contributed by atoms with Crippen LogP contribution in [0.4, 0.5) is 13.2 Å². The van der Waals surface area contributed by atoms with Crippen LogP contribution >= 0.6 is 0 Å². The molecule has 0 aliphatic carbocycles. The van der Waals surface area contributed by atoms with Crippen molar-refractivity contribution in [3.05, 3.63) is 35.4 Å². The standard InChI is InChI=1S/C14H16F3NO4/c1-2-22-9-12(19)18(8-13(20)21)7-10-3-5-11(6-4-10)14(15,16)17/h3-6H,2,7-9H2,1H3,(H,20,21). The van der Waals surface area contributed by atoms with Gasteiger partial charge >= 0.3 is 12.1 Å². The van der Waals surface area contributed by atoms with Crippen molar-refractivity contribution >= 4 is 11.9 Å². The molecule has 122 valence electrons. The number of hydrogen-bond donors (Lipinski definition) is 1. The van der Waals surface area contributed by atoms with Crippen LogP contribution in [0.1, 0.15) is 18.1 Å². The summed E-state index contributed by atoms with van der Waals surface area (Å²) in [6.45, 7) is 1.06. The summed E-state index contributed by atoms with van der Waals surface area (Å²) < 4.78 is 42.3. The molecule has 0 unspecified atom stereocenters. The molecule has 1 N–H and O–H groups in total. The predicted octanol–water partition coefficient (Wildman–Crippen LogP) is 2.16. The summed E-state index contributed by atoms with van der Waals surface area (Å²) >= 11 is 0. The van der Waals surface area contributed by atoms with Crippen molar-refractivity contribution in [3.63, 3.8) is 0 Å². The Bertz CT molecular complexity index is 514. The molecule has 0 atom stereocenters. The van der Waals surface area contributed by atoms with Crippen LogP contribution in [0.5, 0.6) is 0 Å². The first-order valence-corrected chi connectivity index (χ1v) is 6.47. The maximum absolute atomic E-state index is 12.5. The van der Waals surface area contributed by atoms with E-state index in [0.717, 1.165) is 17.0 Å². The van der Waals surface area contributed by atoms with Crippen molar-refractivity contribution in [2.45, 2.75) is 19.6 Å². The van der Waals surface area contributed by atoms with E-state index in [9.17, 15) is 22.8 Å². The Morgan fingerprint density at radius 1 is 1.23 bits per heavy atom. The summed E-state index contributed by atoms with van der Waals surface area (Å²) in [4.78, 5) is 23.6. The minimum Gasteiger partial charge on any atom is -0.480 e. The lowest BCUT2D eigenvalue weighted by Crippen LogP contribution is -2.37. The van der Waals surface area contributed by atoms with Crippen molar-refractivity contribution in [2.75, 3.05) is 19.8 Å². The lowest BCUT2D eigenvalue weighted by atomic mass is 10.1. The third kappa shape index (κ3) is 5.72. The quantitative estimate of drug-likeness (QED) is 0.836. The molecule has 0 fully saturated rings. The Morgan fingerprint density at radius 2 is 1.82 bits per heavy atom. The maximum atomic E-state index is 12.5. The van der Waals surface area contributed by atoms with Crippen LogP contribution < -0.4 is 0 Å². The van der Waals surface area contributed by atoms with E-state index in [4.69, 9.17) is 9.84 Å². The Kier molecular flexibility index (Phi) is 6.36. The van der Waals surface area contributed by atoms with Gasteiger partial charge in [0.15, 0.2) is 0 Å². The van der Waals surface area contributed by atoms with Gasteiger partial charge in [0.2, 0.25) is 5.91 Å². The first-order valence-electron chi connectivity index (χ1n) is 6.47. The van der Waals surface area contributed by atoms with Gasteiger partial charge in [-0.2, -0.15) is 13.2 Å². The average Bonchev–Trinajstić information content (AvgIpc) is 2.43. The number of benzene rings is 1. The van der Waals surface area contributed by atoms with Gasteiger partial charge in [0, 0.05) is 13.2 Å². The Labute approximate surface area is 125 Å². The van der Waals surface area contributed by atoms with E-state index in [1.54, 1.807) is 6.92 Å².